The van der Waals surface area contributed by atoms with E-state index in [9.17, 15) is 14.9 Å². The summed E-state index contributed by atoms with van der Waals surface area (Å²) in [5.74, 6) is 0.477. The highest BCUT2D eigenvalue weighted by atomic mass is 16.6. The Morgan fingerprint density at radius 3 is 2.95 bits per heavy atom. The molecular weight excluding hydrogens is 274 g/mol. The first-order chi connectivity index (χ1) is 10.1. The lowest BCUT2D eigenvalue weighted by atomic mass is 10.3. The van der Waals surface area contributed by atoms with Crippen LogP contribution in [0.5, 0.6) is 0 Å². The molecule has 1 heterocycles. The van der Waals surface area contributed by atoms with Crippen LogP contribution in [0.25, 0.3) is 11.0 Å². The Morgan fingerprint density at radius 1 is 1.43 bits per heavy atom. The van der Waals surface area contributed by atoms with E-state index in [-0.39, 0.29) is 11.6 Å². The molecule has 0 aliphatic rings. The summed E-state index contributed by atoms with van der Waals surface area (Å²) in [7, 11) is 0. The predicted octanol–water partition coefficient (Wildman–Crippen LogP) is 1.80. The SMILES string of the molecule is CCCNC(=O)CCNc1nc2ccc([N+](=O)[O-])cc2[nH]1. The second-order valence-electron chi connectivity index (χ2n) is 4.57. The Morgan fingerprint density at radius 2 is 2.24 bits per heavy atom. The van der Waals surface area contributed by atoms with Crippen LogP contribution in [-0.4, -0.2) is 33.9 Å². The Balaban J connectivity index is 1.93. The van der Waals surface area contributed by atoms with Crippen LogP contribution in [0.2, 0.25) is 0 Å². The highest BCUT2D eigenvalue weighted by Gasteiger charge is 2.09. The van der Waals surface area contributed by atoms with Crippen LogP contribution in [0.15, 0.2) is 18.2 Å². The minimum absolute atomic E-state index is 0.0108. The van der Waals surface area contributed by atoms with Gasteiger partial charge in [-0.1, -0.05) is 6.92 Å². The fourth-order valence-corrected chi connectivity index (χ4v) is 1.84. The van der Waals surface area contributed by atoms with Gasteiger partial charge in [0.25, 0.3) is 5.69 Å². The van der Waals surface area contributed by atoms with Gasteiger partial charge >= 0.3 is 0 Å². The van der Waals surface area contributed by atoms with Crippen LogP contribution in [-0.2, 0) is 4.79 Å². The van der Waals surface area contributed by atoms with Crippen LogP contribution in [0, 0.1) is 10.1 Å². The molecule has 0 saturated carbocycles. The number of hydrogen-bond acceptors (Lipinski definition) is 5. The highest BCUT2D eigenvalue weighted by molar-refractivity contribution is 5.80. The summed E-state index contributed by atoms with van der Waals surface area (Å²) in [5, 5.41) is 16.5. The van der Waals surface area contributed by atoms with Crippen LogP contribution in [0.1, 0.15) is 19.8 Å². The fourth-order valence-electron chi connectivity index (χ4n) is 1.84. The first kappa shape index (κ1) is 14.8. The Bertz CT molecular complexity index is 652. The van der Waals surface area contributed by atoms with Crippen molar-refractivity contribution in [1.82, 2.24) is 15.3 Å². The molecule has 0 aliphatic heterocycles. The van der Waals surface area contributed by atoms with E-state index in [0.717, 1.165) is 6.42 Å². The van der Waals surface area contributed by atoms with E-state index in [0.29, 0.717) is 36.5 Å². The second kappa shape index (κ2) is 6.69. The average Bonchev–Trinajstić information content (AvgIpc) is 2.86. The summed E-state index contributed by atoms with van der Waals surface area (Å²) in [6, 6.07) is 4.43. The Hall–Kier alpha value is -2.64. The van der Waals surface area contributed by atoms with Gasteiger partial charge in [0, 0.05) is 31.6 Å². The number of anilines is 1. The molecule has 0 fully saturated rings. The number of amides is 1. The summed E-state index contributed by atoms with van der Waals surface area (Å²) in [4.78, 5) is 28.9. The number of carbonyl (C=O) groups excluding carboxylic acids is 1. The second-order valence-corrected chi connectivity index (χ2v) is 4.57. The Kier molecular flexibility index (Phi) is 4.70. The molecule has 1 aromatic carbocycles. The number of non-ortho nitro benzene ring substituents is 1. The van der Waals surface area contributed by atoms with E-state index in [1.165, 1.54) is 12.1 Å². The average molecular weight is 291 g/mol. The van der Waals surface area contributed by atoms with Gasteiger partial charge in [-0.05, 0) is 12.5 Å². The molecule has 1 aromatic heterocycles. The first-order valence-electron chi connectivity index (χ1n) is 6.75. The summed E-state index contributed by atoms with van der Waals surface area (Å²) in [6.45, 7) is 3.11. The zero-order chi connectivity index (χ0) is 15.2. The Labute approximate surface area is 121 Å². The molecular formula is C13H17N5O3. The lowest BCUT2D eigenvalue weighted by molar-refractivity contribution is -0.384. The van der Waals surface area contributed by atoms with E-state index in [1.807, 2.05) is 6.92 Å². The van der Waals surface area contributed by atoms with Crippen LogP contribution in [0.4, 0.5) is 11.6 Å². The van der Waals surface area contributed by atoms with Gasteiger partial charge in [-0.3, -0.25) is 14.9 Å². The monoisotopic (exact) mass is 291 g/mol. The maximum absolute atomic E-state index is 11.4. The number of benzene rings is 1. The zero-order valence-corrected chi connectivity index (χ0v) is 11.7. The number of imidazole rings is 1. The number of aromatic nitrogens is 2. The van der Waals surface area contributed by atoms with E-state index in [2.05, 4.69) is 20.6 Å². The molecule has 2 rings (SSSR count). The van der Waals surface area contributed by atoms with E-state index in [1.54, 1.807) is 6.07 Å². The van der Waals surface area contributed by atoms with Gasteiger partial charge in [0.15, 0.2) is 0 Å². The van der Waals surface area contributed by atoms with Crippen molar-refractivity contribution < 1.29 is 9.72 Å². The third-order valence-electron chi connectivity index (χ3n) is 2.89. The number of rotatable bonds is 7. The minimum atomic E-state index is -0.453. The van der Waals surface area contributed by atoms with Gasteiger partial charge in [0.1, 0.15) is 0 Å². The lowest BCUT2D eigenvalue weighted by Crippen LogP contribution is -2.25. The highest BCUT2D eigenvalue weighted by Crippen LogP contribution is 2.20. The van der Waals surface area contributed by atoms with Gasteiger partial charge in [0.2, 0.25) is 11.9 Å². The quantitative estimate of drug-likeness (QED) is 0.531. The maximum atomic E-state index is 11.4. The van der Waals surface area contributed by atoms with Crippen molar-refractivity contribution in [3.63, 3.8) is 0 Å². The molecule has 0 saturated heterocycles. The fraction of sp³-hybridized carbons (Fsp3) is 0.385. The third kappa shape index (κ3) is 3.91. The summed E-state index contributed by atoms with van der Waals surface area (Å²) in [5.41, 5.74) is 1.23. The van der Waals surface area contributed by atoms with Crippen molar-refractivity contribution in [2.75, 3.05) is 18.4 Å². The molecule has 21 heavy (non-hydrogen) atoms. The molecule has 0 radical (unpaired) electrons. The topological polar surface area (TPSA) is 113 Å². The van der Waals surface area contributed by atoms with Gasteiger partial charge < -0.3 is 15.6 Å². The van der Waals surface area contributed by atoms with Crippen molar-refractivity contribution in [1.29, 1.82) is 0 Å². The van der Waals surface area contributed by atoms with Crippen molar-refractivity contribution >= 4 is 28.6 Å². The normalized spacial score (nSPS) is 10.5. The molecule has 2 aromatic rings. The summed E-state index contributed by atoms with van der Waals surface area (Å²) >= 11 is 0. The van der Waals surface area contributed by atoms with Gasteiger partial charge in [-0.15, -0.1) is 0 Å². The maximum Gasteiger partial charge on any atom is 0.271 e. The van der Waals surface area contributed by atoms with E-state index in [4.69, 9.17) is 0 Å². The lowest BCUT2D eigenvalue weighted by Gasteiger charge is -2.03. The van der Waals surface area contributed by atoms with Crippen LogP contribution < -0.4 is 10.6 Å². The van der Waals surface area contributed by atoms with Crippen molar-refractivity contribution in [2.45, 2.75) is 19.8 Å². The molecule has 0 atom stereocenters. The molecule has 0 spiro atoms. The first-order valence-corrected chi connectivity index (χ1v) is 6.75. The molecule has 0 unspecified atom stereocenters. The number of fused-ring (bicyclic) bond motifs is 1. The summed E-state index contributed by atoms with van der Waals surface area (Å²) < 4.78 is 0. The van der Waals surface area contributed by atoms with Crippen LogP contribution in [0.3, 0.4) is 0 Å². The zero-order valence-electron chi connectivity index (χ0n) is 11.7. The number of nitrogens with zero attached hydrogens (tertiary/aromatic N) is 2. The number of carbonyl (C=O) groups is 1. The number of nitro groups is 1. The largest absolute Gasteiger partial charge is 0.356 e. The smallest absolute Gasteiger partial charge is 0.271 e. The van der Waals surface area contributed by atoms with Crippen molar-refractivity contribution in [2.24, 2.45) is 0 Å². The standard InChI is InChI=1S/C13H17N5O3/c1-2-6-14-12(19)5-7-15-13-16-10-4-3-9(18(20)21)8-11(10)17-13/h3-4,8H,2,5-7H2,1H3,(H,14,19)(H2,15,16,17). The van der Waals surface area contributed by atoms with Gasteiger partial charge in [0.05, 0.1) is 16.0 Å². The number of nitrogens with one attached hydrogen (secondary N) is 3. The number of hydrogen-bond donors (Lipinski definition) is 3. The molecule has 8 heteroatoms. The molecule has 112 valence electrons. The molecule has 3 N–H and O–H groups in total. The number of aromatic amines is 1. The third-order valence-corrected chi connectivity index (χ3v) is 2.89. The molecule has 8 nitrogen and oxygen atoms in total. The van der Waals surface area contributed by atoms with Crippen molar-refractivity contribution in [3.8, 4) is 0 Å². The van der Waals surface area contributed by atoms with Crippen LogP contribution >= 0.6 is 0 Å². The minimum Gasteiger partial charge on any atom is -0.356 e. The molecule has 0 aliphatic carbocycles. The molecule has 1 amide bonds. The number of H-pyrrole nitrogens is 1. The van der Waals surface area contributed by atoms with E-state index >= 15 is 0 Å². The summed E-state index contributed by atoms with van der Waals surface area (Å²) in [6.07, 6.45) is 1.25. The van der Waals surface area contributed by atoms with E-state index < -0.39 is 4.92 Å². The predicted molar refractivity (Wildman–Crippen MR) is 79.2 cm³/mol. The van der Waals surface area contributed by atoms with Crippen molar-refractivity contribution in [3.05, 3.63) is 28.3 Å². The van der Waals surface area contributed by atoms with Gasteiger partial charge in [-0.25, -0.2) is 4.98 Å². The molecule has 0 bridgehead atoms. The number of nitro benzene ring substituents is 1. The van der Waals surface area contributed by atoms with Gasteiger partial charge in [-0.2, -0.15) is 0 Å².